The van der Waals surface area contributed by atoms with Crippen molar-refractivity contribution in [1.82, 2.24) is 19.4 Å². The summed E-state index contributed by atoms with van der Waals surface area (Å²) < 4.78 is 1.34. The number of anilines is 1. The Kier molecular flexibility index (Phi) is 3.79. The van der Waals surface area contributed by atoms with E-state index in [4.69, 9.17) is 0 Å². The molecule has 0 aliphatic heterocycles. The number of carbonyl (C=O) groups excluding carboxylic acids is 1. The number of nitrogens with zero attached hydrogens (tertiary/aromatic N) is 4. The Balaban J connectivity index is 1.58. The molecule has 0 unspecified atom stereocenters. The number of amides is 1. The molecular formula is C17H11N5O2S. The molecule has 3 heterocycles. The van der Waals surface area contributed by atoms with Gasteiger partial charge in [0.2, 0.25) is 0 Å². The van der Waals surface area contributed by atoms with Gasteiger partial charge in [-0.1, -0.05) is 30.3 Å². The number of rotatable bonds is 3. The molecule has 0 radical (unpaired) electrons. The zero-order chi connectivity index (χ0) is 17.2. The van der Waals surface area contributed by atoms with Gasteiger partial charge in [0.15, 0.2) is 10.8 Å². The van der Waals surface area contributed by atoms with Crippen LogP contribution in [0.5, 0.6) is 0 Å². The van der Waals surface area contributed by atoms with Crippen molar-refractivity contribution in [3.8, 4) is 11.4 Å². The van der Waals surface area contributed by atoms with E-state index in [-0.39, 0.29) is 5.56 Å². The number of carbonyl (C=O) groups is 1. The van der Waals surface area contributed by atoms with Gasteiger partial charge in [-0.3, -0.25) is 14.0 Å². The molecule has 0 aliphatic carbocycles. The first-order valence-corrected chi connectivity index (χ1v) is 8.24. The Hall–Kier alpha value is -3.39. The summed E-state index contributed by atoms with van der Waals surface area (Å²) in [4.78, 5) is 37.8. The molecular weight excluding hydrogens is 338 g/mol. The topological polar surface area (TPSA) is 89.2 Å². The number of aromatic nitrogens is 4. The van der Waals surface area contributed by atoms with E-state index < -0.39 is 11.5 Å². The molecule has 0 atom stereocenters. The Labute approximate surface area is 145 Å². The maximum atomic E-state index is 12.3. The lowest BCUT2D eigenvalue weighted by atomic mass is 10.2. The van der Waals surface area contributed by atoms with Crippen molar-refractivity contribution in [3.63, 3.8) is 0 Å². The van der Waals surface area contributed by atoms with Crippen LogP contribution in [0.2, 0.25) is 0 Å². The minimum atomic E-state index is -0.547. The van der Waals surface area contributed by atoms with E-state index in [1.807, 2.05) is 30.3 Å². The number of fused-ring (bicyclic) bond motifs is 1. The smallest absolute Gasteiger partial charge is 0.271 e. The Bertz CT molecular complexity index is 1100. The van der Waals surface area contributed by atoms with Gasteiger partial charge >= 0.3 is 0 Å². The first-order valence-electron chi connectivity index (χ1n) is 7.36. The zero-order valence-electron chi connectivity index (χ0n) is 12.8. The van der Waals surface area contributed by atoms with E-state index in [1.54, 1.807) is 11.6 Å². The summed E-state index contributed by atoms with van der Waals surface area (Å²) in [5.41, 5.74) is 0.832. The van der Waals surface area contributed by atoms with Gasteiger partial charge in [0.1, 0.15) is 5.56 Å². The number of benzene rings is 1. The summed E-state index contributed by atoms with van der Waals surface area (Å²) in [7, 11) is 0. The van der Waals surface area contributed by atoms with Crippen LogP contribution in [0.15, 0.2) is 65.3 Å². The lowest BCUT2D eigenvalue weighted by Gasteiger charge is -2.05. The molecule has 1 N–H and O–H groups in total. The fourth-order valence-corrected chi connectivity index (χ4v) is 2.98. The number of hydrogen-bond acceptors (Lipinski definition) is 6. The molecule has 4 aromatic rings. The largest absolute Gasteiger partial charge is 0.319 e. The monoisotopic (exact) mass is 349 g/mol. The molecule has 7 nitrogen and oxygen atoms in total. The molecule has 1 aromatic carbocycles. The fourth-order valence-electron chi connectivity index (χ4n) is 2.31. The van der Waals surface area contributed by atoms with Crippen LogP contribution >= 0.6 is 11.3 Å². The Morgan fingerprint density at radius 3 is 2.56 bits per heavy atom. The van der Waals surface area contributed by atoms with Gasteiger partial charge in [0.25, 0.3) is 11.5 Å². The minimum Gasteiger partial charge on any atom is -0.319 e. The third-order valence-electron chi connectivity index (χ3n) is 3.53. The third-order valence-corrected chi connectivity index (χ3v) is 4.30. The van der Waals surface area contributed by atoms with Crippen LogP contribution in [0.25, 0.3) is 16.3 Å². The second kappa shape index (κ2) is 6.25. The molecule has 0 fully saturated rings. The summed E-state index contributed by atoms with van der Waals surface area (Å²) in [6.07, 6.45) is 5.87. The standard InChI is InChI=1S/C17H11N5O2S/c23-15(13-10-20-17-22(16(13)24)6-7-25-17)21-12-8-18-14(19-9-12)11-4-2-1-3-5-11/h1-10H,(H,21,23). The van der Waals surface area contributed by atoms with E-state index >= 15 is 0 Å². The van der Waals surface area contributed by atoms with Crippen LogP contribution < -0.4 is 10.9 Å². The van der Waals surface area contributed by atoms with E-state index in [2.05, 4.69) is 20.3 Å². The van der Waals surface area contributed by atoms with Crippen LogP contribution in [-0.4, -0.2) is 25.3 Å². The highest BCUT2D eigenvalue weighted by atomic mass is 32.1. The van der Waals surface area contributed by atoms with Crippen molar-refractivity contribution >= 4 is 27.9 Å². The van der Waals surface area contributed by atoms with Gasteiger partial charge in [-0.05, 0) is 0 Å². The van der Waals surface area contributed by atoms with Crippen molar-refractivity contribution in [2.24, 2.45) is 0 Å². The second-order valence-corrected chi connectivity index (χ2v) is 6.02. The summed E-state index contributed by atoms with van der Waals surface area (Å²) in [5, 5.41) is 4.36. The Morgan fingerprint density at radius 2 is 1.80 bits per heavy atom. The average molecular weight is 349 g/mol. The molecule has 8 heteroatoms. The van der Waals surface area contributed by atoms with Crippen LogP contribution in [0, 0.1) is 0 Å². The molecule has 25 heavy (non-hydrogen) atoms. The lowest BCUT2D eigenvalue weighted by Crippen LogP contribution is -2.25. The molecule has 0 bridgehead atoms. The molecule has 122 valence electrons. The summed E-state index contributed by atoms with van der Waals surface area (Å²) in [6, 6.07) is 9.51. The van der Waals surface area contributed by atoms with Crippen molar-refractivity contribution in [2.75, 3.05) is 5.32 Å². The molecule has 3 aromatic heterocycles. The summed E-state index contributed by atoms with van der Waals surface area (Å²) >= 11 is 1.33. The van der Waals surface area contributed by atoms with E-state index in [0.29, 0.717) is 16.5 Å². The third kappa shape index (κ3) is 2.90. The van der Waals surface area contributed by atoms with Gasteiger partial charge in [-0.2, -0.15) is 0 Å². The van der Waals surface area contributed by atoms with E-state index in [1.165, 1.54) is 34.3 Å². The first-order chi connectivity index (χ1) is 12.2. The maximum Gasteiger partial charge on any atom is 0.271 e. The van der Waals surface area contributed by atoms with E-state index in [0.717, 1.165) is 5.56 Å². The molecule has 0 saturated heterocycles. The van der Waals surface area contributed by atoms with Gasteiger partial charge in [0, 0.05) is 23.3 Å². The van der Waals surface area contributed by atoms with E-state index in [9.17, 15) is 9.59 Å². The quantitative estimate of drug-likeness (QED) is 0.614. The van der Waals surface area contributed by atoms with Crippen LogP contribution in [-0.2, 0) is 0 Å². The molecule has 0 saturated carbocycles. The SMILES string of the molecule is O=C(Nc1cnc(-c2ccccc2)nc1)c1cnc2sccn2c1=O. The number of hydrogen-bond donors (Lipinski definition) is 1. The van der Waals surface area contributed by atoms with Gasteiger partial charge < -0.3 is 5.32 Å². The maximum absolute atomic E-state index is 12.3. The van der Waals surface area contributed by atoms with Gasteiger partial charge in [-0.15, -0.1) is 11.3 Å². The zero-order valence-corrected chi connectivity index (χ0v) is 13.6. The van der Waals surface area contributed by atoms with Gasteiger partial charge in [0.05, 0.1) is 18.1 Å². The first kappa shape index (κ1) is 15.2. The number of nitrogens with one attached hydrogen (secondary N) is 1. The lowest BCUT2D eigenvalue weighted by molar-refractivity contribution is 0.102. The summed E-state index contributed by atoms with van der Waals surface area (Å²) in [6.45, 7) is 0. The highest BCUT2D eigenvalue weighted by molar-refractivity contribution is 7.15. The van der Waals surface area contributed by atoms with Gasteiger partial charge in [-0.25, -0.2) is 15.0 Å². The predicted octanol–water partition coefficient (Wildman–Crippen LogP) is 2.47. The van der Waals surface area contributed by atoms with Crippen molar-refractivity contribution in [1.29, 1.82) is 0 Å². The second-order valence-electron chi connectivity index (χ2n) is 5.15. The predicted molar refractivity (Wildman–Crippen MR) is 94.8 cm³/mol. The summed E-state index contributed by atoms with van der Waals surface area (Å²) in [5.74, 6) is 0.00851. The van der Waals surface area contributed by atoms with Crippen LogP contribution in [0.3, 0.4) is 0 Å². The highest BCUT2D eigenvalue weighted by Crippen LogP contribution is 2.15. The minimum absolute atomic E-state index is 0.0389. The Morgan fingerprint density at radius 1 is 1.04 bits per heavy atom. The molecule has 0 spiro atoms. The normalized spacial score (nSPS) is 10.7. The molecule has 0 aliphatic rings. The molecule has 1 amide bonds. The van der Waals surface area contributed by atoms with Crippen molar-refractivity contribution < 1.29 is 4.79 Å². The van der Waals surface area contributed by atoms with Crippen molar-refractivity contribution in [3.05, 3.63) is 76.4 Å². The fraction of sp³-hybridized carbons (Fsp3) is 0. The molecule has 4 rings (SSSR count). The van der Waals surface area contributed by atoms with Crippen molar-refractivity contribution in [2.45, 2.75) is 0 Å². The van der Waals surface area contributed by atoms with Crippen LogP contribution in [0.1, 0.15) is 10.4 Å². The average Bonchev–Trinajstić information content (AvgIpc) is 3.13. The highest BCUT2D eigenvalue weighted by Gasteiger charge is 2.14. The number of thiazole rings is 1. The van der Waals surface area contributed by atoms with Crippen LogP contribution in [0.4, 0.5) is 5.69 Å².